The van der Waals surface area contributed by atoms with Crippen molar-refractivity contribution in [2.75, 3.05) is 41.9 Å². The summed E-state index contributed by atoms with van der Waals surface area (Å²) in [5.74, 6) is 0.201. The summed E-state index contributed by atoms with van der Waals surface area (Å²) in [4.78, 5) is 13.4. The first kappa shape index (κ1) is 35.2. The van der Waals surface area contributed by atoms with Crippen molar-refractivity contribution in [1.82, 2.24) is 4.72 Å². The molecule has 0 aromatic heterocycles. The molecule has 246 valence electrons. The van der Waals surface area contributed by atoms with Crippen LogP contribution < -0.4 is 28.4 Å². The van der Waals surface area contributed by atoms with Gasteiger partial charge >= 0.3 is 5.97 Å². The number of fused-ring (bicyclic) bond motifs is 3. The normalized spacial score (nSPS) is 20.3. The number of sulfonamides is 1. The quantitative estimate of drug-likeness (QED) is 0.252. The second-order valence-corrected chi connectivity index (χ2v) is 11.2. The van der Waals surface area contributed by atoms with E-state index in [1.807, 2.05) is 6.07 Å². The van der Waals surface area contributed by atoms with Crippen LogP contribution >= 0.6 is 0 Å². The third-order valence-corrected chi connectivity index (χ3v) is 9.03. The van der Waals surface area contributed by atoms with E-state index in [1.165, 1.54) is 33.5 Å². The average Bonchev–Trinajstić information content (AvgIpc) is 3.72. The van der Waals surface area contributed by atoms with Gasteiger partial charge < -0.3 is 28.4 Å². The summed E-state index contributed by atoms with van der Waals surface area (Å²) in [5.41, 5.74) is 2.12. The number of benzene rings is 3. The van der Waals surface area contributed by atoms with Gasteiger partial charge in [-0.15, -0.1) is 0 Å². The van der Waals surface area contributed by atoms with Crippen LogP contribution in [-0.2, 0) is 19.6 Å². The summed E-state index contributed by atoms with van der Waals surface area (Å²) in [6.45, 7) is 0.0999. The van der Waals surface area contributed by atoms with E-state index in [4.69, 9.17) is 46.7 Å². The second-order valence-electron chi connectivity index (χ2n) is 9.50. The molecule has 4 atom stereocenters. The number of carbonyl (C=O) groups excluding carboxylic acids is 1. The predicted molar refractivity (Wildman–Crippen MR) is 149 cm³/mol. The first-order chi connectivity index (χ1) is 21.9. The van der Waals surface area contributed by atoms with Crippen molar-refractivity contribution in [2.45, 2.75) is 16.9 Å². The molecule has 3 aromatic rings. The molecule has 1 aliphatic carbocycles. The number of hydrogen-bond donors (Lipinski definition) is 1. The molecule has 1 saturated heterocycles. The Balaban J connectivity index is 0.000000870. The molecular formula is C29H30F5NO9S. The summed E-state index contributed by atoms with van der Waals surface area (Å²) < 4.78 is 105. The number of cyclic esters (lactones) is 1. The van der Waals surface area contributed by atoms with Crippen LogP contribution in [0.3, 0.4) is 0 Å². The highest BCUT2D eigenvalue weighted by Crippen LogP contribution is 2.55. The minimum absolute atomic E-state index is 0.0440. The van der Waals surface area contributed by atoms with Gasteiger partial charge in [0.05, 0.1) is 52.0 Å². The SMILES string of the molecule is CF.COc1cc([C@@H]2c3cc4c(cc3[C@@H](NS(=O)(=O)c3ccccc3)[C@H]3COC(=O)[C@H]23)OCO4)cc(OC)c1OC.FF.FF. The van der Waals surface area contributed by atoms with Gasteiger partial charge in [-0.05, 0) is 53.1 Å². The highest BCUT2D eigenvalue weighted by Gasteiger charge is 2.53. The summed E-state index contributed by atoms with van der Waals surface area (Å²) in [5, 5.41) is 0. The molecule has 0 spiro atoms. The summed E-state index contributed by atoms with van der Waals surface area (Å²) in [6, 6.07) is 14.6. The van der Waals surface area contributed by atoms with E-state index in [0.29, 0.717) is 41.5 Å². The van der Waals surface area contributed by atoms with Gasteiger partial charge in [-0.3, -0.25) is 9.18 Å². The number of nitrogens with one attached hydrogen (secondary N) is 1. The van der Waals surface area contributed by atoms with Gasteiger partial charge in [0.25, 0.3) is 0 Å². The van der Waals surface area contributed by atoms with Crippen LogP contribution in [0.1, 0.15) is 28.7 Å². The third kappa shape index (κ3) is 6.71. The molecule has 2 heterocycles. The van der Waals surface area contributed by atoms with Crippen LogP contribution in [0.4, 0.5) is 22.7 Å². The minimum atomic E-state index is -3.93. The lowest BCUT2D eigenvalue weighted by Gasteiger charge is -2.39. The van der Waals surface area contributed by atoms with Crippen LogP contribution in [0.25, 0.3) is 0 Å². The molecule has 1 N–H and O–H groups in total. The highest BCUT2D eigenvalue weighted by molar-refractivity contribution is 7.89. The number of carbonyl (C=O) groups is 1. The van der Waals surface area contributed by atoms with Crippen molar-refractivity contribution in [2.24, 2.45) is 11.8 Å². The number of esters is 1. The zero-order valence-electron chi connectivity index (χ0n) is 24.4. The van der Waals surface area contributed by atoms with Crippen LogP contribution in [0, 0.1) is 11.8 Å². The monoisotopic (exact) mass is 663 g/mol. The van der Waals surface area contributed by atoms with E-state index in [0.717, 1.165) is 11.1 Å². The molecular weight excluding hydrogens is 633 g/mol. The van der Waals surface area contributed by atoms with Crippen LogP contribution in [-0.4, -0.2) is 56.3 Å². The van der Waals surface area contributed by atoms with Crippen molar-refractivity contribution < 1.29 is 64.3 Å². The predicted octanol–water partition coefficient (Wildman–Crippen LogP) is 5.66. The molecule has 3 aliphatic rings. The Labute approximate surface area is 255 Å². The molecule has 0 unspecified atom stereocenters. The number of halogens is 5. The van der Waals surface area contributed by atoms with E-state index in [9.17, 15) is 17.6 Å². The van der Waals surface area contributed by atoms with Gasteiger partial charge in [0.2, 0.25) is 22.6 Å². The number of methoxy groups -OCH3 is 3. The van der Waals surface area contributed by atoms with Crippen molar-refractivity contribution in [1.29, 1.82) is 0 Å². The summed E-state index contributed by atoms with van der Waals surface area (Å²) >= 11 is 0. The standard InChI is InChI=1S/C28H27NO9S.CH3F.2F2/c1-33-22-9-15(10-23(34-2)27(22)35-3)24-17-11-20-21(38-14-37-20)12-18(17)26(19-13-36-28(30)25(19)24)29-39(31,32)16-7-5-4-6-8-16;3*1-2/h4-12,19,24-26,29H,13-14H2,1-3H3;1H3;;/t19-,24+,25-,26+;;;/m0.../s1. The van der Waals surface area contributed by atoms with E-state index < -0.39 is 39.8 Å². The molecule has 45 heavy (non-hydrogen) atoms. The fourth-order valence-electron chi connectivity index (χ4n) is 5.83. The Bertz CT molecular complexity index is 1540. The van der Waals surface area contributed by atoms with Crippen molar-refractivity contribution in [3.63, 3.8) is 0 Å². The summed E-state index contributed by atoms with van der Waals surface area (Å²) in [6.07, 6.45) is 0. The van der Waals surface area contributed by atoms with Crippen molar-refractivity contribution >= 4 is 16.0 Å². The largest absolute Gasteiger partial charge is 0.493 e. The van der Waals surface area contributed by atoms with E-state index in [1.54, 1.807) is 36.4 Å². The zero-order chi connectivity index (χ0) is 33.3. The molecule has 0 saturated carbocycles. The number of hydrogen-bond acceptors (Lipinski definition) is 9. The average molecular weight is 664 g/mol. The number of ether oxygens (including phenoxy) is 6. The van der Waals surface area contributed by atoms with Crippen molar-refractivity contribution in [3.8, 4) is 28.7 Å². The maximum Gasteiger partial charge on any atom is 0.310 e. The maximum atomic E-state index is 13.5. The van der Waals surface area contributed by atoms with E-state index >= 15 is 0 Å². The van der Waals surface area contributed by atoms with Gasteiger partial charge in [-0.25, -0.2) is 13.1 Å². The lowest BCUT2D eigenvalue weighted by molar-refractivity contribution is -0.141. The topological polar surface area (TPSA) is 119 Å². The second kappa shape index (κ2) is 15.6. The van der Waals surface area contributed by atoms with E-state index in [2.05, 4.69) is 4.72 Å². The lowest BCUT2D eigenvalue weighted by Crippen LogP contribution is -2.42. The Morgan fingerprint density at radius 3 is 1.89 bits per heavy atom. The van der Waals surface area contributed by atoms with Gasteiger partial charge in [-0.1, -0.05) is 18.2 Å². The Kier molecular flexibility index (Phi) is 12.2. The molecule has 1 fully saturated rings. The molecule has 2 aliphatic heterocycles. The summed E-state index contributed by atoms with van der Waals surface area (Å²) in [7, 11) is 1.13. The molecule has 6 rings (SSSR count). The van der Waals surface area contributed by atoms with Gasteiger partial charge in [0, 0.05) is 30.1 Å². The Morgan fingerprint density at radius 1 is 0.800 bits per heavy atom. The zero-order valence-corrected chi connectivity index (χ0v) is 25.2. The van der Waals surface area contributed by atoms with E-state index in [-0.39, 0.29) is 18.3 Å². The smallest absolute Gasteiger partial charge is 0.310 e. The Hall–Kier alpha value is -4.31. The molecule has 10 nitrogen and oxygen atoms in total. The molecule has 0 bridgehead atoms. The molecule has 3 aromatic carbocycles. The maximum absolute atomic E-state index is 13.5. The third-order valence-electron chi connectivity index (χ3n) is 7.57. The van der Waals surface area contributed by atoms with Crippen LogP contribution in [0.15, 0.2) is 59.5 Å². The fourth-order valence-corrected chi connectivity index (χ4v) is 7.12. The lowest BCUT2D eigenvalue weighted by atomic mass is 9.65. The first-order valence-electron chi connectivity index (χ1n) is 13.0. The van der Waals surface area contributed by atoms with Gasteiger partial charge in [-0.2, -0.15) is 0 Å². The fraction of sp³-hybridized carbons (Fsp3) is 0.345. The first-order valence-corrected chi connectivity index (χ1v) is 14.5. The van der Waals surface area contributed by atoms with Crippen molar-refractivity contribution in [3.05, 3.63) is 71.3 Å². The molecule has 16 heteroatoms. The minimum Gasteiger partial charge on any atom is -0.493 e. The number of alkyl halides is 1. The van der Waals surface area contributed by atoms with Crippen LogP contribution in [0.2, 0.25) is 0 Å². The van der Waals surface area contributed by atoms with Crippen LogP contribution in [0.5, 0.6) is 28.7 Å². The number of rotatable bonds is 7. The molecule has 0 radical (unpaired) electrons. The Morgan fingerprint density at radius 2 is 1.36 bits per heavy atom. The molecule has 0 amide bonds. The highest BCUT2D eigenvalue weighted by atomic mass is 32.2. The van der Waals surface area contributed by atoms with Gasteiger partial charge in [0.15, 0.2) is 23.0 Å². The van der Waals surface area contributed by atoms with Gasteiger partial charge in [0.1, 0.15) is 0 Å².